The number of halogens is 3. The highest BCUT2D eigenvalue weighted by Crippen LogP contribution is 2.38. The molecule has 1 aromatic rings. The molecule has 1 aromatic carbocycles. The van der Waals surface area contributed by atoms with Gasteiger partial charge in [0.1, 0.15) is 0 Å². The number of likely N-dealkylation sites (tertiary alicyclic amines) is 1. The highest BCUT2D eigenvalue weighted by atomic mass is 79.9. The Balaban J connectivity index is 2.03. The smallest absolute Gasteiger partial charge is 0.260 e. The van der Waals surface area contributed by atoms with Crippen LogP contribution in [-0.4, -0.2) is 30.5 Å². The predicted octanol–water partition coefficient (Wildman–Crippen LogP) is 3.37. The van der Waals surface area contributed by atoms with Crippen LogP contribution in [0.25, 0.3) is 0 Å². The molecular formula is C11H10BrCl2NO2. The topological polar surface area (TPSA) is 29.5 Å². The second kappa shape index (κ2) is 5.46. The minimum Gasteiger partial charge on any atom is -0.481 e. The molecular weight excluding hydrogens is 329 g/mol. The summed E-state index contributed by atoms with van der Waals surface area (Å²) in [6, 6.07) is 3.30. The van der Waals surface area contributed by atoms with Gasteiger partial charge in [0.2, 0.25) is 0 Å². The van der Waals surface area contributed by atoms with Crippen molar-refractivity contribution in [3.63, 3.8) is 0 Å². The van der Waals surface area contributed by atoms with Crippen molar-refractivity contribution in [1.82, 2.24) is 4.90 Å². The van der Waals surface area contributed by atoms with Gasteiger partial charge in [0.05, 0.1) is 14.5 Å². The number of amides is 1. The molecule has 0 N–H and O–H groups in total. The average Bonchev–Trinajstić information content (AvgIpc) is 2.21. The Morgan fingerprint density at radius 3 is 2.59 bits per heavy atom. The molecule has 1 saturated heterocycles. The van der Waals surface area contributed by atoms with Gasteiger partial charge in [-0.05, 0) is 34.5 Å². The van der Waals surface area contributed by atoms with E-state index in [1.54, 1.807) is 17.0 Å². The molecule has 1 aliphatic rings. The summed E-state index contributed by atoms with van der Waals surface area (Å²) in [4.78, 5) is 13.4. The Bertz CT molecular complexity index is 449. The van der Waals surface area contributed by atoms with Crippen LogP contribution in [0, 0.1) is 0 Å². The quantitative estimate of drug-likeness (QED) is 0.791. The lowest BCUT2D eigenvalue weighted by Crippen LogP contribution is -2.44. The Kier molecular flexibility index (Phi) is 4.17. The molecule has 1 aliphatic heterocycles. The van der Waals surface area contributed by atoms with Gasteiger partial charge in [-0.2, -0.15) is 0 Å². The van der Waals surface area contributed by atoms with E-state index >= 15 is 0 Å². The molecule has 0 spiro atoms. The molecule has 6 heteroatoms. The van der Waals surface area contributed by atoms with Gasteiger partial charge < -0.3 is 9.64 Å². The Morgan fingerprint density at radius 2 is 2.00 bits per heavy atom. The van der Waals surface area contributed by atoms with E-state index in [0.29, 0.717) is 20.3 Å². The van der Waals surface area contributed by atoms with Crippen LogP contribution in [-0.2, 0) is 4.79 Å². The average molecular weight is 339 g/mol. The zero-order chi connectivity index (χ0) is 12.4. The molecule has 92 valence electrons. The molecule has 0 unspecified atom stereocenters. The fourth-order valence-electron chi connectivity index (χ4n) is 1.43. The highest BCUT2D eigenvalue weighted by molar-refractivity contribution is 9.10. The first-order valence-electron chi connectivity index (χ1n) is 5.13. The maximum atomic E-state index is 11.6. The molecule has 3 nitrogen and oxygen atoms in total. The molecule has 0 saturated carbocycles. The summed E-state index contributed by atoms with van der Waals surface area (Å²) >= 11 is 15.2. The van der Waals surface area contributed by atoms with E-state index in [4.69, 9.17) is 27.9 Å². The summed E-state index contributed by atoms with van der Waals surface area (Å²) in [5, 5.41) is 0.929. The molecule has 1 fully saturated rings. The summed E-state index contributed by atoms with van der Waals surface area (Å²) in [7, 11) is 0. The fraction of sp³-hybridized carbons (Fsp3) is 0.364. The summed E-state index contributed by atoms with van der Waals surface area (Å²) < 4.78 is 5.98. The van der Waals surface area contributed by atoms with Crippen LogP contribution in [0.15, 0.2) is 16.6 Å². The number of carbonyl (C=O) groups is 1. The van der Waals surface area contributed by atoms with Crippen molar-refractivity contribution < 1.29 is 9.53 Å². The van der Waals surface area contributed by atoms with Crippen molar-refractivity contribution in [3.8, 4) is 5.75 Å². The van der Waals surface area contributed by atoms with Crippen molar-refractivity contribution >= 4 is 45.0 Å². The van der Waals surface area contributed by atoms with Crippen LogP contribution in [0.3, 0.4) is 0 Å². The third-order valence-corrected chi connectivity index (χ3v) is 4.18. The lowest BCUT2D eigenvalue weighted by Gasteiger charge is -2.30. The van der Waals surface area contributed by atoms with Crippen LogP contribution in [0.4, 0.5) is 0 Å². The number of hydrogen-bond acceptors (Lipinski definition) is 2. The van der Waals surface area contributed by atoms with Gasteiger partial charge in [-0.15, -0.1) is 0 Å². The molecule has 0 bridgehead atoms. The van der Waals surface area contributed by atoms with Crippen LogP contribution in [0.1, 0.15) is 6.42 Å². The largest absolute Gasteiger partial charge is 0.481 e. The summed E-state index contributed by atoms with van der Waals surface area (Å²) in [6.07, 6.45) is 1.06. The number of nitrogens with zero attached hydrogens (tertiary/aromatic N) is 1. The Labute approximate surface area is 118 Å². The van der Waals surface area contributed by atoms with Gasteiger partial charge >= 0.3 is 0 Å². The van der Waals surface area contributed by atoms with Crippen molar-refractivity contribution in [2.24, 2.45) is 0 Å². The van der Waals surface area contributed by atoms with Gasteiger partial charge in [-0.1, -0.05) is 23.2 Å². The van der Waals surface area contributed by atoms with Gasteiger partial charge in [0.15, 0.2) is 12.4 Å². The van der Waals surface area contributed by atoms with E-state index in [1.165, 1.54) is 0 Å². The SMILES string of the molecule is O=C(COc1c(Cl)ccc(Cl)c1Br)N1CCC1. The fourth-order valence-corrected chi connectivity index (χ4v) is 2.37. The molecule has 0 aliphatic carbocycles. The predicted molar refractivity (Wildman–Crippen MR) is 70.9 cm³/mol. The first-order chi connectivity index (χ1) is 8.09. The normalized spacial score (nSPS) is 14.4. The van der Waals surface area contributed by atoms with Crippen molar-refractivity contribution in [2.75, 3.05) is 19.7 Å². The summed E-state index contributed by atoms with van der Waals surface area (Å²) in [5.41, 5.74) is 0. The lowest BCUT2D eigenvalue weighted by molar-refractivity contribution is -0.136. The van der Waals surface area contributed by atoms with E-state index in [0.717, 1.165) is 19.5 Å². The van der Waals surface area contributed by atoms with Gasteiger partial charge in [0.25, 0.3) is 5.91 Å². The molecule has 0 atom stereocenters. The summed E-state index contributed by atoms with van der Waals surface area (Å²) in [6.45, 7) is 1.61. The molecule has 1 heterocycles. The van der Waals surface area contributed by atoms with Crippen LogP contribution in [0.2, 0.25) is 10.0 Å². The minimum absolute atomic E-state index is 0.0152. The van der Waals surface area contributed by atoms with E-state index < -0.39 is 0 Å². The Hall–Kier alpha value is -0.450. The second-order valence-corrected chi connectivity index (χ2v) is 5.30. The Morgan fingerprint density at radius 1 is 1.35 bits per heavy atom. The molecule has 0 radical (unpaired) electrons. The van der Waals surface area contributed by atoms with Crippen molar-refractivity contribution in [2.45, 2.75) is 6.42 Å². The maximum Gasteiger partial charge on any atom is 0.260 e. The monoisotopic (exact) mass is 337 g/mol. The zero-order valence-corrected chi connectivity index (χ0v) is 12.0. The van der Waals surface area contributed by atoms with Gasteiger partial charge in [-0.3, -0.25) is 4.79 Å². The standard InChI is InChI=1S/C11H10BrCl2NO2/c12-10-7(13)2-3-8(14)11(10)17-6-9(16)15-4-1-5-15/h2-3H,1,4-6H2. The zero-order valence-electron chi connectivity index (χ0n) is 8.88. The molecule has 2 rings (SSSR count). The van der Waals surface area contributed by atoms with Crippen LogP contribution >= 0.6 is 39.1 Å². The number of ether oxygens (including phenoxy) is 1. The highest BCUT2D eigenvalue weighted by Gasteiger charge is 2.21. The second-order valence-electron chi connectivity index (χ2n) is 3.70. The van der Waals surface area contributed by atoms with Crippen molar-refractivity contribution in [1.29, 1.82) is 0 Å². The third-order valence-electron chi connectivity index (χ3n) is 2.55. The maximum absolute atomic E-state index is 11.6. The molecule has 0 aromatic heterocycles. The number of benzene rings is 1. The molecule has 1 amide bonds. The summed E-state index contributed by atoms with van der Waals surface area (Å²) in [5.74, 6) is 0.382. The first kappa shape index (κ1) is 13.0. The first-order valence-corrected chi connectivity index (χ1v) is 6.68. The van der Waals surface area contributed by atoms with Crippen molar-refractivity contribution in [3.05, 3.63) is 26.7 Å². The number of hydrogen-bond donors (Lipinski definition) is 0. The number of carbonyl (C=O) groups excluding carboxylic acids is 1. The minimum atomic E-state index is -0.0285. The molecule has 17 heavy (non-hydrogen) atoms. The number of rotatable bonds is 3. The van der Waals surface area contributed by atoms with E-state index in [9.17, 15) is 4.79 Å². The van der Waals surface area contributed by atoms with Crippen LogP contribution in [0.5, 0.6) is 5.75 Å². The van der Waals surface area contributed by atoms with E-state index in [-0.39, 0.29) is 12.5 Å². The third kappa shape index (κ3) is 2.87. The van der Waals surface area contributed by atoms with Crippen LogP contribution < -0.4 is 4.74 Å². The van der Waals surface area contributed by atoms with Gasteiger partial charge in [-0.25, -0.2) is 0 Å². The van der Waals surface area contributed by atoms with Gasteiger partial charge in [0, 0.05) is 13.1 Å². The lowest BCUT2D eigenvalue weighted by atomic mass is 10.2. The van der Waals surface area contributed by atoms with E-state index in [2.05, 4.69) is 15.9 Å². The van der Waals surface area contributed by atoms with E-state index in [1.807, 2.05) is 0 Å².